The van der Waals surface area contributed by atoms with Crippen LogP contribution in [0.3, 0.4) is 0 Å². The van der Waals surface area contributed by atoms with Gasteiger partial charge in [-0.15, -0.1) is 0 Å². The van der Waals surface area contributed by atoms with E-state index < -0.39 is 20.3 Å². The van der Waals surface area contributed by atoms with E-state index in [0.29, 0.717) is 5.56 Å². The van der Waals surface area contributed by atoms with E-state index in [1.807, 2.05) is 0 Å². The molecule has 112 valence electrons. The van der Waals surface area contributed by atoms with Crippen LogP contribution in [-0.4, -0.2) is 31.7 Å². The van der Waals surface area contributed by atoms with Gasteiger partial charge in [0.25, 0.3) is 0 Å². The summed E-state index contributed by atoms with van der Waals surface area (Å²) in [5.74, 6) is -0.395. The van der Waals surface area contributed by atoms with Gasteiger partial charge in [0.2, 0.25) is 0 Å². The van der Waals surface area contributed by atoms with Crippen molar-refractivity contribution in [2.75, 3.05) is 12.9 Å². The largest absolute Gasteiger partial charge is 0.490 e. The molecule has 0 aliphatic heterocycles. The lowest BCUT2D eigenvalue weighted by atomic mass is 10.1. The topological polar surface area (TPSA) is 113 Å². The van der Waals surface area contributed by atoms with Crippen molar-refractivity contribution in [1.29, 1.82) is 0 Å². The maximum Gasteiger partial charge on any atom is 0.311 e. The number of rotatable bonds is 6. The van der Waals surface area contributed by atoms with Crippen LogP contribution in [0.15, 0.2) is 18.2 Å². The molecule has 0 radical (unpaired) electrons. The first-order valence-corrected chi connectivity index (χ1v) is 7.67. The molecule has 0 saturated heterocycles. The van der Waals surface area contributed by atoms with Crippen molar-refractivity contribution in [1.82, 2.24) is 0 Å². The van der Waals surface area contributed by atoms with Crippen LogP contribution in [0.1, 0.15) is 19.4 Å². The van der Waals surface area contributed by atoms with Gasteiger partial charge in [-0.25, -0.2) is 8.42 Å². The first kappa shape index (κ1) is 16.4. The summed E-state index contributed by atoms with van der Waals surface area (Å²) in [6.45, 7) is 3.22. The van der Waals surface area contributed by atoms with Crippen molar-refractivity contribution in [3.05, 3.63) is 33.9 Å². The standard InChI is InChI=1S/C12H18N2O5S/c1-12(2,13)8-20(17,18)7-9-4-5-11(19-3)10(6-9)14(15)16/h4-6H,7-8,13H2,1-3H3. The van der Waals surface area contributed by atoms with Crippen LogP contribution in [0.5, 0.6) is 5.75 Å². The average Bonchev–Trinajstić information content (AvgIpc) is 2.24. The molecule has 2 N–H and O–H groups in total. The molecular formula is C12H18N2O5S. The molecule has 0 unspecified atom stereocenters. The molecule has 0 spiro atoms. The Hall–Kier alpha value is -1.67. The summed E-state index contributed by atoms with van der Waals surface area (Å²) in [6.07, 6.45) is 0. The third kappa shape index (κ3) is 4.78. The highest BCUT2D eigenvalue weighted by atomic mass is 32.2. The van der Waals surface area contributed by atoms with E-state index in [1.165, 1.54) is 25.3 Å². The summed E-state index contributed by atoms with van der Waals surface area (Å²) in [5.41, 5.74) is 4.92. The number of nitro groups is 1. The SMILES string of the molecule is COc1ccc(CS(=O)(=O)CC(C)(C)N)cc1[N+](=O)[O-]. The van der Waals surface area contributed by atoms with E-state index in [-0.39, 0.29) is 22.9 Å². The summed E-state index contributed by atoms with van der Waals surface area (Å²) >= 11 is 0. The molecule has 1 aromatic rings. The van der Waals surface area contributed by atoms with E-state index in [9.17, 15) is 18.5 Å². The smallest absolute Gasteiger partial charge is 0.311 e. The Morgan fingerprint density at radius 2 is 2.00 bits per heavy atom. The molecule has 0 aromatic heterocycles. The van der Waals surface area contributed by atoms with Crippen LogP contribution in [0.4, 0.5) is 5.69 Å². The summed E-state index contributed by atoms with van der Waals surface area (Å²) in [4.78, 5) is 10.3. The van der Waals surface area contributed by atoms with Gasteiger partial charge in [0, 0.05) is 11.6 Å². The van der Waals surface area contributed by atoms with Gasteiger partial charge in [0.1, 0.15) is 0 Å². The van der Waals surface area contributed by atoms with Crippen LogP contribution in [0, 0.1) is 10.1 Å². The van der Waals surface area contributed by atoms with Crippen molar-refractivity contribution in [2.24, 2.45) is 5.73 Å². The number of hydrogen-bond acceptors (Lipinski definition) is 6. The van der Waals surface area contributed by atoms with Crippen molar-refractivity contribution >= 4 is 15.5 Å². The Balaban J connectivity index is 3.05. The molecule has 0 atom stereocenters. The fourth-order valence-corrected chi connectivity index (χ4v) is 3.76. The van der Waals surface area contributed by atoms with E-state index in [2.05, 4.69) is 0 Å². The van der Waals surface area contributed by atoms with Crippen LogP contribution in [0.2, 0.25) is 0 Å². The van der Waals surface area contributed by atoms with Crippen molar-refractivity contribution in [2.45, 2.75) is 25.1 Å². The van der Waals surface area contributed by atoms with Crippen LogP contribution in [0.25, 0.3) is 0 Å². The van der Waals surface area contributed by atoms with Gasteiger partial charge >= 0.3 is 5.69 Å². The summed E-state index contributed by atoms with van der Waals surface area (Å²) in [5, 5.41) is 10.9. The molecule has 7 nitrogen and oxygen atoms in total. The number of methoxy groups -OCH3 is 1. The molecule has 0 aliphatic carbocycles. The van der Waals surface area contributed by atoms with Crippen molar-refractivity contribution in [3.8, 4) is 5.75 Å². The highest BCUT2D eigenvalue weighted by Crippen LogP contribution is 2.28. The Morgan fingerprint density at radius 3 is 2.45 bits per heavy atom. The lowest BCUT2D eigenvalue weighted by Gasteiger charge is -2.18. The molecule has 0 fully saturated rings. The minimum atomic E-state index is -3.44. The van der Waals surface area contributed by atoms with Crippen LogP contribution < -0.4 is 10.5 Å². The van der Waals surface area contributed by atoms with E-state index >= 15 is 0 Å². The lowest BCUT2D eigenvalue weighted by Crippen LogP contribution is -2.40. The molecule has 0 aliphatic rings. The number of sulfone groups is 1. The van der Waals surface area contributed by atoms with Gasteiger partial charge in [0.05, 0.1) is 23.5 Å². The number of nitrogens with zero attached hydrogens (tertiary/aromatic N) is 1. The second-order valence-electron chi connectivity index (χ2n) is 5.28. The van der Waals surface area contributed by atoms with E-state index in [0.717, 1.165) is 0 Å². The predicted octanol–water partition coefficient (Wildman–Crippen LogP) is 1.26. The first-order valence-electron chi connectivity index (χ1n) is 5.85. The lowest BCUT2D eigenvalue weighted by molar-refractivity contribution is -0.385. The van der Waals surface area contributed by atoms with Gasteiger partial charge in [-0.1, -0.05) is 6.07 Å². The van der Waals surface area contributed by atoms with Gasteiger partial charge in [-0.05, 0) is 25.5 Å². The minimum Gasteiger partial charge on any atom is -0.490 e. The maximum atomic E-state index is 12.0. The third-order valence-electron chi connectivity index (χ3n) is 2.42. The number of ether oxygens (including phenoxy) is 1. The molecule has 0 bridgehead atoms. The average molecular weight is 302 g/mol. The summed E-state index contributed by atoms with van der Waals surface area (Å²) in [6, 6.07) is 4.09. The number of nitrogens with two attached hydrogens (primary N) is 1. The summed E-state index contributed by atoms with van der Waals surface area (Å²) in [7, 11) is -2.13. The second kappa shape index (κ2) is 5.76. The van der Waals surface area contributed by atoms with Crippen molar-refractivity contribution < 1.29 is 18.1 Å². The predicted molar refractivity (Wildman–Crippen MR) is 75.4 cm³/mol. The molecule has 20 heavy (non-hydrogen) atoms. The molecule has 0 saturated carbocycles. The highest BCUT2D eigenvalue weighted by molar-refractivity contribution is 7.90. The zero-order chi connectivity index (χ0) is 15.6. The Morgan fingerprint density at radius 1 is 1.40 bits per heavy atom. The zero-order valence-corrected chi connectivity index (χ0v) is 12.4. The van der Waals surface area contributed by atoms with Gasteiger partial charge in [-0.2, -0.15) is 0 Å². The second-order valence-corrected chi connectivity index (χ2v) is 7.35. The Labute approximate surface area is 117 Å². The third-order valence-corrected chi connectivity index (χ3v) is 4.38. The van der Waals surface area contributed by atoms with E-state index in [4.69, 9.17) is 10.5 Å². The summed E-state index contributed by atoms with van der Waals surface area (Å²) < 4.78 is 28.8. The maximum absolute atomic E-state index is 12.0. The molecule has 1 aromatic carbocycles. The van der Waals surface area contributed by atoms with Crippen molar-refractivity contribution in [3.63, 3.8) is 0 Å². The molecular weight excluding hydrogens is 284 g/mol. The fourth-order valence-electron chi connectivity index (χ4n) is 1.84. The number of nitro benzene ring substituents is 1. The minimum absolute atomic E-state index is 0.0929. The van der Waals surface area contributed by atoms with Gasteiger partial charge < -0.3 is 10.5 Å². The Kier molecular flexibility index (Phi) is 4.72. The zero-order valence-electron chi connectivity index (χ0n) is 11.6. The quantitative estimate of drug-likeness (QED) is 0.625. The van der Waals surface area contributed by atoms with Gasteiger partial charge in [0.15, 0.2) is 15.6 Å². The Bertz CT molecular complexity index is 605. The first-order chi connectivity index (χ1) is 9.04. The number of hydrogen-bond donors (Lipinski definition) is 1. The normalized spacial score (nSPS) is 12.2. The molecule has 8 heteroatoms. The fraction of sp³-hybridized carbons (Fsp3) is 0.500. The van der Waals surface area contributed by atoms with Gasteiger partial charge in [-0.3, -0.25) is 10.1 Å². The molecule has 0 amide bonds. The monoisotopic (exact) mass is 302 g/mol. The van der Waals surface area contributed by atoms with Crippen LogP contribution >= 0.6 is 0 Å². The highest BCUT2D eigenvalue weighted by Gasteiger charge is 2.24. The molecule has 1 rings (SSSR count). The molecule has 0 heterocycles. The van der Waals surface area contributed by atoms with E-state index in [1.54, 1.807) is 13.8 Å². The van der Waals surface area contributed by atoms with Crippen LogP contribution in [-0.2, 0) is 15.6 Å². The number of benzene rings is 1.